The number of carbonyl (C=O) groups excluding carboxylic acids is 1. The number of fused-ring (bicyclic) bond motifs is 1. The Morgan fingerprint density at radius 2 is 1.63 bits per heavy atom. The number of carbonyl (C=O) groups is 1. The Hall–Kier alpha value is -2.74. The van der Waals surface area contributed by atoms with Gasteiger partial charge in [0.15, 0.2) is 0 Å². The summed E-state index contributed by atoms with van der Waals surface area (Å²) in [6.45, 7) is 2.29. The Morgan fingerprint density at radius 1 is 1.00 bits per heavy atom. The lowest BCUT2D eigenvalue weighted by molar-refractivity contribution is 0.0733. The lowest BCUT2D eigenvalue weighted by Crippen LogP contribution is -2.30. The molecule has 2 aliphatic rings. The first-order valence-corrected chi connectivity index (χ1v) is 10.7. The highest BCUT2D eigenvalue weighted by atomic mass is 19.1. The SMILES string of the molecule is C[C@H]1CC[C@@H]2CC(c3c(F)cc(C(=O)Oc4ccc(C#N)cc4)cc3F)CC[C@H]2C1. The molecule has 0 saturated heterocycles. The molecule has 5 heteroatoms. The largest absolute Gasteiger partial charge is 0.423 e. The van der Waals surface area contributed by atoms with E-state index in [1.807, 2.05) is 6.07 Å². The Morgan fingerprint density at radius 3 is 2.30 bits per heavy atom. The van der Waals surface area contributed by atoms with Gasteiger partial charge in [-0.15, -0.1) is 0 Å². The zero-order valence-corrected chi connectivity index (χ0v) is 17.0. The predicted octanol–water partition coefficient (Wildman–Crippen LogP) is 6.38. The molecule has 0 radical (unpaired) electrons. The highest BCUT2D eigenvalue weighted by Crippen LogP contribution is 2.48. The lowest BCUT2D eigenvalue weighted by atomic mass is 9.64. The number of esters is 1. The minimum absolute atomic E-state index is 0.113. The van der Waals surface area contributed by atoms with Crippen LogP contribution in [0.25, 0.3) is 0 Å². The summed E-state index contributed by atoms with van der Waals surface area (Å²) < 4.78 is 35.0. The molecule has 0 aliphatic heterocycles. The summed E-state index contributed by atoms with van der Waals surface area (Å²) in [4.78, 5) is 12.4. The number of halogens is 2. The smallest absolute Gasteiger partial charge is 0.343 e. The van der Waals surface area contributed by atoms with Crippen LogP contribution >= 0.6 is 0 Å². The Labute approximate surface area is 175 Å². The van der Waals surface area contributed by atoms with Gasteiger partial charge in [0.1, 0.15) is 17.4 Å². The number of hydrogen-bond acceptors (Lipinski definition) is 3. The normalized spacial score (nSPS) is 25.8. The van der Waals surface area contributed by atoms with E-state index < -0.39 is 17.6 Å². The van der Waals surface area contributed by atoms with Gasteiger partial charge in [0.25, 0.3) is 0 Å². The molecule has 2 saturated carbocycles. The van der Waals surface area contributed by atoms with Crippen molar-refractivity contribution in [2.24, 2.45) is 17.8 Å². The minimum atomic E-state index is -0.825. The van der Waals surface area contributed by atoms with Crippen molar-refractivity contribution in [3.05, 3.63) is 64.7 Å². The first-order valence-electron chi connectivity index (χ1n) is 10.7. The molecule has 3 nitrogen and oxygen atoms in total. The molecule has 2 aromatic rings. The first-order chi connectivity index (χ1) is 14.4. The van der Waals surface area contributed by atoms with Crippen LogP contribution in [0.3, 0.4) is 0 Å². The summed E-state index contributed by atoms with van der Waals surface area (Å²) in [6.07, 6.45) is 6.18. The molecule has 30 heavy (non-hydrogen) atoms. The van der Waals surface area contributed by atoms with Gasteiger partial charge in [0, 0.05) is 5.56 Å². The van der Waals surface area contributed by atoms with Gasteiger partial charge in [-0.05, 0) is 92.2 Å². The topological polar surface area (TPSA) is 50.1 Å². The van der Waals surface area contributed by atoms with Crippen molar-refractivity contribution < 1.29 is 18.3 Å². The van der Waals surface area contributed by atoms with Crippen molar-refractivity contribution in [1.82, 2.24) is 0 Å². The van der Waals surface area contributed by atoms with Gasteiger partial charge in [-0.25, -0.2) is 13.6 Å². The zero-order valence-electron chi connectivity index (χ0n) is 17.0. The van der Waals surface area contributed by atoms with Crippen molar-refractivity contribution in [1.29, 1.82) is 5.26 Å². The molecular formula is C25H25F2NO2. The molecule has 0 bridgehead atoms. The van der Waals surface area contributed by atoms with Crippen LogP contribution in [0.4, 0.5) is 8.78 Å². The Bertz CT molecular complexity index is 957. The predicted molar refractivity (Wildman–Crippen MR) is 109 cm³/mol. The number of nitrogens with zero attached hydrogens (tertiary/aromatic N) is 1. The standard InChI is InChI=1S/C25H25F2NO2/c1-15-2-5-18-11-19(7-6-17(18)10-15)24-22(26)12-20(13-23(24)27)25(29)30-21-8-3-16(14-28)4-9-21/h3-4,8-9,12-13,15,17-19H,2,5-7,10-11H2,1H3/t15-,17-,18+,19?/m0/s1. The number of nitriles is 1. The third kappa shape index (κ3) is 4.23. The molecule has 0 amide bonds. The second-order valence-electron chi connectivity index (χ2n) is 8.83. The highest BCUT2D eigenvalue weighted by Gasteiger charge is 2.36. The highest BCUT2D eigenvalue weighted by molar-refractivity contribution is 5.91. The fourth-order valence-corrected chi connectivity index (χ4v) is 5.24. The number of hydrogen-bond donors (Lipinski definition) is 0. The minimum Gasteiger partial charge on any atom is -0.423 e. The fourth-order valence-electron chi connectivity index (χ4n) is 5.24. The average molecular weight is 409 g/mol. The average Bonchev–Trinajstić information content (AvgIpc) is 2.73. The van der Waals surface area contributed by atoms with Gasteiger partial charge in [0.05, 0.1) is 17.2 Å². The van der Waals surface area contributed by atoms with E-state index in [1.54, 1.807) is 0 Å². The van der Waals surface area contributed by atoms with Gasteiger partial charge in [0.2, 0.25) is 0 Å². The lowest BCUT2D eigenvalue weighted by Gasteiger charge is -2.41. The van der Waals surface area contributed by atoms with E-state index in [0.29, 0.717) is 17.4 Å². The molecule has 1 unspecified atom stereocenters. The van der Waals surface area contributed by atoms with E-state index in [0.717, 1.165) is 43.7 Å². The van der Waals surface area contributed by atoms with Crippen molar-refractivity contribution >= 4 is 5.97 Å². The van der Waals surface area contributed by atoms with Gasteiger partial charge in [-0.1, -0.05) is 13.3 Å². The van der Waals surface area contributed by atoms with E-state index in [1.165, 1.54) is 37.1 Å². The summed E-state index contributed by atoms with van der Waals surface area (Å²) in [7, 11) is 0. The second-order valence-corrected chi connectivity index (χ2v) is 8.83. The van der Waals surface area contributed by atoms with E-state index in [4.69, 9.17) is 10.00 Å². The quantitative estimate of drug-likeness (QED) is 0.437. The van der Waals surface area contributed by atoms with E-state index in [2.05, 4.69) is 6.92 Å². The van der Waals surface area contributed by atoms with Gasteiger partial charge >= 0.3 is 5.97 Å². The Balaban J connectivity index is 1.49. The van der Waals surface area contributed by atoms with Crippen LogP contribution in [0.15, 0.2) is 36.4 Å². The maximum atomic E-state index is 14.9. The molecule has 2 fully saturated rings. The summed E-state index contributed by atoms with van der Waals surface area (Å²) in [5.74, 6) is -0.120. The van der Waals surface area contributed by atoms with Crippen LogP contribution in [-0.2, 0) is 0 Å². The maximum absolute atomic E-state index is 14.9. The molecule has 156 valence electrons. The number of rotatable bonds is 3. The van der Waals surface area contributed by atoms with Gasteiger partial charge < -0.3 is 4.74 Å². The Kier molecular flexibility index (Phi) is 5.85. The van der Waals surface area contributed by atoms with Crippen molar-refractivity contribution in [2.45, 2.75) is 51.4 Å². The molecule has 0 spiro atoms. The molecule has 0 N–H and O–H groups in total. The number of benzene rings is 2. The molecule has 0 heterocycles. The maximum Gasteiger partial charge on any atom is 0.343 e. The van der Waals surface area contributed by atoms with Crippen molar-refractivity contribution in [3.8, 4) is 11.8 Å². The van der Waals surface area contributed by atoms with Crippen molar-refractivity contribution in [3.63, 3.8) is 0 Å². The third-order valence-electron chi connectivity index (χ3n) is 6.79. The van der Waals surface area contributed by atoms with Gasteiger partial charge in [-0.3, -0.25) is 0 Å². The molecular weight excluding hydrogens is 384 g/mol. The van der Waals surface area contributed by atoms with Crippen LogP contribution in [0.1, 0.15) is 72.9 Å². The van der Waals surface area contributed by atoms with E-state index >= 15 is 0 Å². The van der Waals surface area contributed by atoms with Gasteiger partial charge in [-0.2, -0.15) is 5.26 Å². The van der Waals surface area contributed by atoms with Crippen LogP contribution in [-0.4, -0.2) is 5.97 Å². The third-order valence-corrected chi connectivity index (χ3v) is 6.79. The molecule has 2 aliphatic carbocycles. The first kappa shape index (κ1) is 20.5. The molecule has 2 aromatic carbocycles. The summed E-state index contributed by atoms with van der Waals surface area (Å²) in [6, 6.07) is 10.1. The van der Waals surface area contributed by atoms with Crippen molar-refractivity contribution in [2.75, 3.05) is 0 Å². The molecule has 4 atom stereocenters. The van der Waals surface area contributed by atoms with Crippen LogP contribution in [0.2, 0.25) is 0 Å². The summed E-state index contributed by atoms with van der Waals surface area (Å²) in [5.41, 5.74) is 0.388. The van der Waals surface area contributed by atoms with Crippen LogP contribution in [0, 0.1) is 40.7 Å². The summed E-state index contributed by atoms with van der Waals surface area (Å²) >= 11 is 0. The van der Waals surface area contributed by atoms with E-state index in [9.17, 15) is 13.6 Å². The van der Waals surface area contributed by atoms with E-state index in [-0.39, 0.29) is 22.8 Å². The molecule has 4 rings (SSSR count). The summed E-state index contributed by atoms with van der Waals surface area (Å²) in [5, 5.41) is 8.82. The fraction of sp³-hybridized carbons (Fsp3) is 0.440. The second kappa shape index (κ2) is 8.55. The van der Waals surface area contributed by atoms with Crippen LogP contribution < -0.4 is 4.74 Å². The van der Waals surface area contributed by atoms with Crippen LogP contribution in [0.5, 0.6) is 5.75 Å². The molecule has 0 aromatic heterocycles. The monoisotopic (exact) mass is 409 g/mol. The number of ether oxygens (including phenoxy) is 1. The zero-order chi connectivity index (χ0) is 21.3.